The second kappa shape index (κ2) is 22.7. The van der Waals surface area contributed by atoms with Crippen molar-refractivity contribution >= 4 is 40.4 Å². The van der Waals surface area contributed by atoms with Crippen LogP contribution in [0.25, 0.3) is 22.3 Å². The molecule has 8 aromatic rings. The number of hydrogen-bond donors (Lipinski definition) is 1. The fourth-order valence-electron chi connectivity index (χ4n) is 6.60. The highest BCUT2D eigenvalue weighted by atomic mass is 32.2. The van der Waals surface area contributed by atoms with Gasteiger partial charge in [0.25, 0.3) is 10.1 Å². The van der Waals surface area contributed by atoms with Crippen LogP contribution in [0, 0.1) is 13.8 Å². The van der Waals surface area contributed by atoms with Gasteiger partial charge in [0, 0.05) is 0 Å². The lowest BCUT2D eigenvalue weighted by Crippen LogP contribution is -2.06. The second-order valence-corrected chi connectivity index (χ2v) is 20.8. The molecule has 0 aliphatic rings. The van der Waals surface area contributed by atoms with Crippen LogP contribution in [-0.4, -0.2) is 56.7 Å². The van der Waals surface area contributed by atoms with E-state index in [-0.39, 0.29) is 25.3 Å². The summed E-state index contributed by atoms with van der Waals surface area (Å²) in [4.78, 5) is -0.597. The Morgan fingerprint density at radius 1 is 0.371 bits per heavy atom. The molecule has 0 saturated carbocycles. The van der Waals surface area contributed by atoms with Crippen molar-refractivity contribution in [1.29, 1.82) is 0 Å². The summed E-state index contributed by atoms with van der Waals surface area (Å²) in [5.41, 5.74) is 6.56. The van der Waals surface area contributed by atoms with E-state index >= 15 is 0 Å². The Morgan fingerprint density at radius 3 is 0.971 bits per heavy atom. The highest BCUT2D eigenvalue weighted by Gasteiger charge is 2.25. The van der Waals surface area contributed by atoms with Crippen LogP contribution in [0.3, 0.4) is 0 Å². The fourth-order valence-corrected chi connectivity index (χ4v) is 9.86. The number of rotatable bonds is 13. The molecule has 0 atom stereocenters. The normalized spacial score (nSPS) is 11.2. The summed E-state index contributed by atoms with van der Waals surface area (Å²) in [5.74, 6) is 2.44. The molecule has 0 spiro atoms. The summed E-state index contributed by atoms with van der Waals surface area (Å²) >= 11 is 0. The first-order chi connectivity index (χ1) is 33.3. The third-order valence-electron chi connectivity index (χ3n) is 10.3. The van der Waals surface area contributed by atoms with Gasteiger partial charge in [-0.05, 0) is 151 Å². The zero-order valence-electron chi connectivity index (χ0n) is 37.8. The minimum atomic E-state index is -4.79. The Labute approximate surface area is 408 Å². The van der Waals surface area contributed by atoms with Gasteiger partial charge in [-0.25, -0.2) is 16.8 Å². The number of aryl methyl sites for hydroxylation is 2. The number of methoxy groups -OCH3 is 2. The van der Waals surface area contributed by atoms with Gasteiger partial charge in [0.1, 0.15) is 39.4 Å². The van der Waals surface area contributed by atoms with Crippen LogP contribution in [-0.2, 0) is 40.4 Å². The van der Waals surface area contributed by atoms with Crippen LogP contribution < -0.4 is 18.9 Å². The first-order valence-corrected chi connectivity index (χ1v) is 26.1. The van der Waals surface area contributed by atoms with Crippen LogP contribution >= 0.6 is 0 Å². The average Bonchev–Trinajstić information content (AvgIpc) is 3.35. The van der Waals surface area contributed by atoms with Gasteiger partial charge in [-0.2, -0.15) is 8.42 Å². The van der Waals surface area contributed by atoms with Gasteiger partial charge in [-0.3, -0.25) is 4.55 Å². The summed E-state index contributed by atoms with van der Waals surface area (Å²) in [5, 5.41) is 0. The van der Waals surface area contributed by atoms with Crippen LogP contribution in [0.2, 0.25) is 0 Å². The number of sulfone groups is 2. The van der Waals surface area contributed by atoms with Crippen molar-refractivity contribution in [3.63, 3.8) is 0 Å². The first-order valence-electron chi connectivity index (χ1n) is 20.7. The quantitative estimate of drug-likeness (QED) is 0.107. The van der Waals surface area contributed by atoms with E-state index in [1.54, 1.807) is 48.5 Å². The van der Waals surface area contributed by atoms with Gasteiger partial charge >= 0.3 is 10.6 Å². The molecule has 0 saturated heterocycles. The van der Waals surface area contributed by atoms with Crippen molar-refractivity contribution in [2.24, 2.45) is 0 Å². The van der Waals surface area contributed by atoms with E-state index in [0.717, 1.165) is 33.9 Å². The Balaban J connectivity index is 0.000000215. The van der Waals surface area contributed by atoms with Crippen LogP contribution in [0.4, 0.5) is 0 Å². The molecule has 0 bridgehead atoms. The first kappa shape index (κ1) is 51.8. The molecule has 0 radical (unpaired) electrons. The van der Waals surface area contributed by atoms with Crippen molar-refractivity contribution in [3.8, 4) is 56.8 Å². The maximum absolute atomic E-state index is 13.0. The maximum atomic E-state index is 13.0. The van der Waals surface area contributed by atoms with Crippen molar-refractivity contribution in [1.82, 2.24) is 0 Å². The number of benzene rings is 8. The van der Waals surface area contributed by atoms with Crippen molar-refractivity contribution in [2.45, 2.75) is 38.3 Å². The number of ether oxygens (including phenoxy) is 4. The van der Waals surface area contributed by atoms with E-state index in [0.29, 0.717) is 28.7 Å². The molecule has 0 amide bonds. The van der Waals surface area contributed by atoms with E-state index in [1.807, 2.05) is 67.6 Å². The molecule has 0 aliphatic heterocycles. The summed E-state index contributed by atoms with van der Waals surface area (Å²) in [6.07, 6.45) is 0. The monoisotopic (exact) mass is 1020 g/mol. The van der Waals surface area contributed by atoms with Gasteiger partial charge < -0.3 is 18.9 Å². The molecule has 0 unspecified atom stereocenters. The Hall–Kier alpha value is -7.61. The molecule has 8 rings (SSSR count). The van der Waals surface area contributed by atoms with E-state index in [9.17, 15) is 29.8 Å². The van der Waals surface area contributed by atoms with Crippen LogP contribution in [0.5, 0.6) is 34.5 Å². The molecule has 0 heterocycles. The minimum Gasteiger partial charge on any atom is -0.497 e. The summed E-state index contributed by atoms with van der Waals surface area (Å²) in [7, 11) is -12.6. The molecule has 1 N–H and O–H groups in total. The van der Waals surface area contributed by atoms with Gasteiger partial charge in [0.05, 0.1) is 33.8 Å². The van der Waals surface area contributed by atoms with E-state index < -0.39 is 45.3 Å². The lowest BCUT2D eigenvalue weighted by Gasteiger charge is -2.12. The maximum Gasteiger partial charge on any atom is 0.425 e. The van der Waals surface area contributed by atoms with Crippen LogP contribution in [0.15, 0.2) is 213 Å². The Bertz CT molecular complexity index is 3510. The Kier molecular flexibility index (Phi) is 16.8. The lowest BCUT2D eigenvalue weighted by molar-refractivity contribution is 0.414. The van der Waals surface area contributed by atoms with Gasteiger partial charge in [0.2, 0.25) is 19.7 Å². The SMILES string of the molecule is COc1ccc(S(=O)(=O)c2ccc(Oc3ccc(-c4ccc(C)cc4)cc3)c(S(=O)(=O)O)c2)cc1.COc1ccc(S(=O)(=O)c2ccc(Oc3ccc(-c4ccc(C)cc4)cc3)cc2)cc1.O=S(=O)=O. The largest absolute Gasteiger partial charge is 0.497 e. The molecule has 0 fully saturated rings. The summed E-state index contributed by atoms with van der Waals surface area (Å²) in [6, 6.07) is 52.8. The molecule has 0 aromatic heterocycles. The molecule has 0 aliphatic carbocycles. The topological polar surface area (TPSA) is 211 Å². The third kappa shape index (κ3) is 13.5. The molecule has 18 heteroatoms. The highest BCUT2D eigenvalue weighted by molar-refractivity contribution is 7.92. The molecule has 70 heavy (non-hydrogen) atoms. The average molecular weight is 1020 g/mol. The van der Waals surface area contributed by atoms with Gasteiger partial charge in [0.15, 0.2) is 0 Å². The molecule has 360 valence electrons. The molecular weight excluding hydrogens is 977 g/mol. The zero-order valence-corrected chi connectivity index (χ0v) is 41.1. The van der Waals surface area contributed by atoms with Crippen molar-refractivity contribution in [2.75, 3.05) is 14.2 Å². The summed E-state index contributed by atoms with van der Waals surface area (Å²) < 4.78 is 133. The van der Waals surface area contributed by atoms with Crippen molar-refractivity contribution in [3.05, 3.63) is 199 Å². The second-order valence-electron chi connectivity index (χ2n) is 15.1. The van der Waals surface area contributed by atoms with E-state index in [4.69, 9.17) is 31.6 Å². The standard InChI is InChI=1S/C26H22O7S2.C26H22O4S.O3S/c1-18-3-5-19(6-4-18)20-7-9-22(10-8-20)33-25-16-15-24(17-26(25)35(29,30)31)34(27,28)23-13-11-21(32-2)12-14-23;1-19-3-5-20(6-4-19)21-7-9-23(10-8-21)30-24-13-17-26(18-14-24)31(27,28)25-15-11-22(29-2)12-16-25;1-4(2)3/h3-17H,1-2H3,(H,29,30,31);3-18H,1-2H3;. The lowest BCUT2D eigenvalue weighted by atomic mass is 10.0. The highest BCUT2D eigenvalue weighted by Crippen LogP contribution is 2.35. The summed E-state index contributed by atoms with van der Waals surface area (Å²) in [6.45, 7) is 4.06. The predicted octanol–water partition coefficient (Wildman–Crippen LogP) is 10.8. The molecular formula is C52H44O14S4. The fraction of sp³-hybridized carbons (Fsp3) is 0.0769. The van der Waals surface area contributed by atoms with Crippen LogP contribution in [0.1, 0.15) is 11.1 Å². The third-order valence-corrected chi connectivity index (χ3v) is 14.7. The van der Waals surface area contributed by atoms with Crippen molar-refractivity contribution < 1.29 is 61.4 Å². The van der Waals surface area contributed by atoms with E-state index in [2.05, 4.69) is 31.2 Å². The minimum absolute atomic E-state index is 0.0556. The Morgan fingerprint density at radius 2 is 0.643 bits per heavy atom. The predicted molar refractivity (Wildman–Crippen MR) is 263 cm³/mol. The zero-order chi connectivity index (χ0) is 50.6. The van der Waals surface area contributed by atoms with Gasteiger partial charge in [-0.1, -0.05) is 83.9 Å². The molecule has 8 aromatic carbocycles. The smallest absolute Gasteiger partial charge is 0.425 e. The van der Waals surface area contributed by atoms with E-state index in [1.165, 1.54) is 68.3 Å². The molecule has 14 nitrogen and oxygen atoms in total. The van der Waals surface area contributed by atoms with Gasteiger partial charge in [-0.15, -0.1) is 12.6 Å². The number of hydrogen-bond acceptors (Lipinski definition) is 13.